The summed E-state index contributed by atoms with van der Waals surface area (Å²) < 4.78 is 5.07. The molecule has 2 rings (SSSR count). The van der Waals surface area contributed by atoms with Gasteiger partial charge >= 0.3 is 0 Å². The Labute approximate surface area is 137 Å². The van der Waals surface area contributed by atoms with Gasteiger partial charge < -0.3 is 15.8 Å². The van der Waals surface area contributed by atoms with Crippen LogP contribution in [0.25, 0.3) is 0 Å². The molecule has 1 aliphatic carbocycles. The van der Waals surface area contributed by atoms with Crippen molar-refractivity contribution in [3.63, 3.8) is 0 Å². The van der Waals surface area contributed by atoms with Crippen LogP contribution < -0.4 is 15.8 Å². The highest BCUT2D eigenvalue weighted by molar-refractivity contribution is 5.98. The smallest absolute Gasteiger partial charge is 0.220 e. The second kappa shape index (κ2) is 8.67. The Morgan fingerprint density at radius 3 is 2.52 bits per heavy atom. The average molecular weight is 318 g/mol. The largest absolute Gasteiger partial charge is 0.497 e. The summed E-state index contributed by atoms with van der Waals surface area (Å²) in [7, 11) is 1.58. The van der Waals surface area contributed by atoms with Gasteiger partial charge in [-0.15, -0.1) is 0 Å². The highest BCUT2D eigenvalue weighted by Gasteiger charge is 2.25. The number of ether oxygens (including phenoxy) is 1. The van der Waals surface area contributed by atoms with Gasteiger partial charge in [-0.3, -0.25) is 9.59 Å². The quantitative estimate of drug-likeness (QED) is 0.756. The van der Waals surface area contributed by atoms with Gasteiger partial charge in [-0.1, -0.05) is 12.8 Å². The monoisotopic (exact) mass is 318 g/mol. The number of Topliss-reactive ketones (excluding diaryl/α,β-unsaturated/α-hetero) is 1. The van der Waals surface area contributed by atoms with Crippen LogP contribution in [0, 0.1) is 5.92 Å². The summed E-state index contributed by atoms with van der Waals surface area (Å²) in [6, 6.07) is 7.12. The molecule has 2 atom stereocenters. The Balaban J connectivity index is 1.79. The minimum atomic E-state index is -0.0581. The van der Waals surface area contributed by atoms with Crippen LogP contribution in [0.2, 0.25) is 0 Å². The summed E-state index contributed by atoms with van der Waals surface area (Å²) in [6.45, 7) is 0.607. The van der Waals surface area contributed by atoms with Gasteiger partial charge in [-0.05, 0) is 49.6 Å². The molecular formula is C18H26N2O3. The number of ketones is 1. The van der Waals surface area contributed by atoms with Crippen LogP contribution in [-0.2, 0) is 4.79 Å². The van der Waals surface area contributed by atoms with E-state index < -0.39 is 0 Å². The SMILES string of the molecule is COc1ccc(C(=O)CCC(=O)NC2CCCCC2CN)cc1. The molecule has 0 aromatic heterocycles. The first kappa shape index (κ1) is 17.5. The van der Waals surface area contributed by atoms with Gasteiger partial charge in [-0.25, -0.2) is 0 Å². The number of carbonyl (C=O) groups excluding carboxylic acids is 2. The Morgan fingerprint density at radius 2 is 1.87 bits per heavy atom. The zero-order chi connectivity index (χ0) is 16.7. The highest BCUT2D eigenvalue weighted by atomic mass is 16.5. The molecule has 1 aliphatic rings. The van der Waals surface area contributed by atoms with Gasteiger partial charge in [-0.2, -0.15) is 0 Å². The van der Waals surface area contributed by atoms with E-state index in [9.17, 15) is 9.59 Å². The molecule has 0 radical (unpaired) electrons. The van der Waals surface area contributed by atoms with Crippen molar-refractivity contribution in [1.82, 2.24) is 5.32 Å². The summed E-state index contributed by atoms with van der Waals surface area (Å²) in [5.74, 6) is 0.994. The van der Waals surface area contributed by atoms with Crippen molar-refractivity contribution >= 4 is 11.7 Å². The normalized spacial score (nSPS) is 20.8. The molecule has 2 unspecified atom stereocenters. The van der Waals surface area contributed by atoms with Gasteiger partial charge in [0.1, 0.15) is 5.75 Å². The molecule has 0 heterocycles. The maximum atomic E-state index is 12.1. The fourth-order valence-electron chi connectivity index (χ4n) is 3.11. The number of amides is 1. The Morgan fingerprint density at radius 1 is 1.17 bits per heavy atom. The van der Waals surface area contributed by atoms with Gasteiger partial charge in [0.25, 0.3) is 0 Å². The van der Waals surface area contributed by atoms with Crippen molar-refractivity contribution in [2.24, 2.45) is 11.7 Å². The van der Waals surface area contributed by atoms with E-state index in [1.807, 2.05) is 0 Å². The van der Waals surface area contributed by atoms with Crippen molar-refractivity contribution < 1.29 is 14.3 Å². The molecule has 1 amide bonds. The fraction of sp³-hybridized carbons (Fsp3) is 0.556. The number of methoxy groups -OCH3 is 1. The third kappa shape index (κ3) is 5.06. The molecule has 0 spiro atoms. The van der Waals surface area contributed by atoms with E-state index in [0.29, 0.717) is 23.8 Å². The lowest BCUT2D eigenvalue weighted by Crippen LogP contribution is -2.44. The molecular weight excluding hydrogens is 292 g/mol. The molecule has 1 aromatic carbocycles. The van der Waals surface area contributed by atoms with Crippen molar-refractivity contribution in [2.75, 3.05) is 13.7 Å². The van der Waals surface area contributed by atoms with E-state index in [-0.39, 0.29) is 30.6 Å². The number of benzene rings is 1. The zero-order valence-electron chi connectivity index (χ0n) is 13.7. The molecule has 5 heteroatoms. The summed E-state index contributed by atoms with van der Waals surface area (Å²) in [5, 5.41) is 3.05. The molecule has 0 saturated heterocycles. The number of nitrogens with one attached hydrogen (secondary N) is 1. The predicted molar refractivity (Wildman–Crippen MR) is 89.5 cm³/mol. The topological polar surface area (TPSA) is 81.4 Å². The molecule has 0 aliphatic heterocycles. The van der Waals surface area contributed by atoms with E-state index in [1.165, 1.54) is 6.42 Å². The standard InChI is InChI=1S/C18H26N2O3/c1-23-15-8-6-13(7-9-15)17(21)10-11-18(22)20-16-5-3-2-4-14(16)12-19/h6-9,14,16H,2-5,10-12,19H2,1H3,(H,20,22). The number of rotatable bonds is 7. The lowest BCUT2D eigenvalue weighted by Gasteiger charge is -2.31. The van der Waals surface area contributed by atoms with Crippen LogP contribution in [0.4, 0.5) is 0 Å². The van der Waals surface area contributed by atoms with Crippen LogP contribution >= 0.6 is 0 Å². The van der Waals surface area contributed by atoms with Crippen LogP contribution in [-0.4, -0.2) is 31.4 Å². The Bertz CT molecular complexity index is 528. The molecule has 126 valence electrons. The van der Waals surface area contributed by atoms with E-state index in [1.54, 1.807) is 31.4 Å². The van der Waals surface area contributed by atoms with Crippen molar-refractivity contribution in [2.45, 2.75) is 44.6 Å². The second-order valence-electron chi connectivity index (χ2n) is 6.11. The molecule has 0 bridgehead atoms. The summed E-state index contributed by atoms with van der Waals surface area (Å²) in [4.78, 5) is 24.2. The highest BCUT2D eigenvalue weighted by Crippen LogP contribution is 2.23. The first-order valence-electron chi connectivity index (χ1n) is 8.30. The van der Waals surface area contributed by atoms with Crippen LogP contribution in [0.1, 0.15) is 48.9 Å². The molecule has 5 nitrogen and oxygen atoms in total. The molecule has 23 heavy (non-hydrogen) atoms. The Kier molecular flexibility index (Phi) is 6.59. The molecule has 1 aromatic rings. The lowest BCUT2D eigenvalue weighted by atomic mass is 9.84. The second-order valence-corrected chi connectivity index (χ2v) is 6.11. The lowest BCUT2D eigenvalue weighted by molar-refractivity contribution is -0.122. The first-order chi connectivity index (χ1) is 11.1. The van der Waals surface area contributed by atoms with E-state index in [0.717, 1.165) is 19.3 Å². The van der Waals surface area contributed by atoms with Crippen LogP contribution in [0.5, 0.6) is 5.75 Å². The van der Waals surface area contributed by atoms with Crippen molar-refractivity contribution in [3.8, 4) is 5.75 Å². The number of hydrogen-bond acceptors (Lipinski definition) is 4. The summed E-state index contributed by atoms with van der Waals surface area (Å²) in [6.07, 6.45) is 4.82. The average Bonchev–Trinajstić information content (AvgIpc) is 2.60. The zero-order valence-corrected chi connectivity index (χ0v) is 13.7. The third-order valence-corrected chi connectivity index (χ3v) is 4.55. The molecule has 3 N–H and O–H groups in total. The summed E-state index contributed by atoms with van der Waals surface area (Å²) >= 11 is 0. The number of nitrogens with two attached hydrogens (primary N) is 1. The minimum Gasteiger partial charge on any atom is -0.497 e. The molecule has 1 fully saturated rings. The molecule has 1 saturated carbocycles. The van der Waals surface area contributed by atoms with Gasteiger partial charge in [0.15, 0.2) is 5.78 Å². The fourth-order valence-corrected chi connectivity index (χ4v) is 3.11. The number of hydrogen-bond donors (Lipinski definition) is 2. The first-order valence-corrected chi connectivity index (χ1v) is 8.30. The van der Waals surface area contributed by atoms with E-state index in [2.05, 4.69) is 5.32 Å². The maximum Gasteiger partial charge on any atom is 0.220 e. The predicted octanol–water partition coefficient (Wildman–Crippen LogP) is 2.29. The van der Waals surface area contributed by atoms with E-state index >= 15 is 0 Å². The van der Waals surface area contributed by atoms with Crippen LogP contribution in [0.3, 0.4) is 0 Å². The van der Waals surface area contributed by atoms with Crippen LogP contribution in [0.15, 0.2) is 24.3 Å². The maximum absolute atomic E-state index is 12.1. The van der Waals surface area contributed by atoms with Crippen molar-refractivity contribution in [1.29, 1.82) is 0 Å². The van der Waals surface area contributed by atoms with Gasteiger partial charge in [0, 0.05) is 24.4 Å². The van der Waals surface area contributed by atoms with E-state index in [4.69, 9.17) is 10.5 Å². The summed E-state index contributed by atoms with van der Waals surface area (Å²) in [5.41, 5.74) is 6.38. The van der Waals surface area contributed by atoms with Gasteiger partial charge in [0.05, 0.1) is 7.11 Å². The number of carbonyl (C=O) groups is 2. The van der Waals surface area contributed by atoms with Crippen molar-refractivity contribution in [3.05, 3.63) is 29.8 Å². The minimum absolute atomic E-state index is 0.0261. The van der Waals surface area contributed by atoms with Gasteiger partial charge in [0.2, 0.25) is 5.91 Å². The Hall–Kier alpha value is -1.88. The third-order valence-electron chi connectivity index (χ3n) is 4.55.